The lowest BCUT2D eigenvalue weighted by molar-refractivity contribution is 0.0691. The molecule has 3 N–H and O–H groups in total. The predicted octanol–water partition coefficient (Wildman–Crippen LogP) is 3.34. The van der Waals surface area contributed by atoms with E-state index in [1.165, 1.54) is 6.07 Å². The van der Waals surface area contributed by atoms with Gasteiger partial charge in [0.05, 0.1) is 22.6 Å². The van der Waals surface area contributed by atoms with Crippen LogP contribution >= 0.6 is 11.6 Å². The largest absolute Gasteiger partial charge is 0.476 e. The highest BCUT2D eigenvalue weighted by Crippen LogP contribution is 2.48. The van der Waals surface area contributed by atoms with Crippen LogP contribution in [0.2, 0.25) is 5.15 Å². The first-order valence-electron chi connectivity index (χ1n) is 12.5. The van der Waals surface area contributed by atoms with E-state index in [1.54, 1.807) is 17.7 Å². The average Bonchev–Trinajstić information content (AvgIpc) is 3.29. The number of hydrogen-bond acceptors (Lipinski definition) is 8. The molecule has 0 spiro atoms. The molecule has 200 valence electrons. The van der Waals surface area contributed by atoms with E-state index < -0.39 is 18.1 Å². The maximum absolute atomic E-state index is 13.4. The molecule has 0 unspecified atom stereocenters. The minimum atomic E-state index is -1.20. The smallest absolute Gasteiger partial charge is 0.407 e. The van der Waals surface area contributed by atoms with Gasteiger partial charge in [-0.15, -0.1) is 0 Å². The summed E-state index contributed by atoms with van der Waals surface area (Å²) < 4.78 is 7.06. The summed E-state index contributed by atoms with van der Waals surface area (Å²) >= 11 is 5.90. The Morgan fingerprint density at radius 1 is 1.24 bits per heavy atom. The quantitative estimate of drug-likeness (QED) is 0.385. The van der Waals surface area contributed by atoms with Crippen LogP contribution in [0.4, 0.5) is 16.4 Å². The van der Waals surface area contributed by atoms with Gasteiger partial charge in [-0.25, -0.2) is 19.6 Å². The van der Waals surface area contributed by atoms with Crippen molar-refractivity contribution < 1.29 is 19.4 Å². The first-order valence-corrected chi connectivity index (χ1v) is 12.8. The van der Waals surface area contributed by atoms with Gasteiger partial charge in [0.2, 0.25) is 5.95 Å². The van der Waals surface area contributed by atoms with Gasteiger partial charge in [-0.05, 0) is 44.5 Å². The van der Waals surface area contributed by atoms with Crippen LogP contribution in [-0.4, -0.2) is 57.4 Å². The monoisotopic (exact) mass is 540 g/mol. The maximum Gasteiger partial charge on any atom is 0.407 e. The molecule has 11 nitrogen and oxygen atoms in total. The minimum Gasteiger partial charge on any atom is -0.476 e. The van der Waals surface area contributed by atoms with E-state index in [0.29, 0.717) is 42.2 Å². The van der Waals surface area contributed by atoms with Crippen LogP contribution < -0.4 is 21.1 Å². The van der Waals surface area contributed by atoms with Crippen molar-refractivity contribution in [2.45, 2.75) is 32.9 Å². The number of halogens is 1. The van der Waals surface area contributed by atoms with Crippen molar-refractivity contribution in [1.29, 1.82) is 0 Å². The van der Waals surface area contributed by atoms with E-state index in [2.05, 4.69) is 20.5 Å². The summed E-state index contributed by atoms with van der Waals surface area (Å²) in [6, 6.07) is 6.45. The number of nitrogens with one attached hydrogen (secondary N) is 2. The molecule has 3 atom stereocenters. The number of ether oxygens (including phenoxy) is 1. The number of carbonyl (C=O) groups excluding carboxylic acids is 1. The van der Waals surface area contributed by atoms with Crippen LogP contribution in [0.25, 0.3) is 10.9 Å². The molecule has 1 saturated carbocycles. The second-order valence-corrected chi connectivity index (χ2v) is 10.2. The number of nitrogens with zero attached hydrogens (tertiary/aromatic N) is 4. The number of benzene rings is 1. The van der Waals surface area contributed by atoms with Gasteiger partial charge in [-0.3, -0.25) is 9.36 Å². The van der Waals surface area contributed by atoms with Crippen LogP contribution in [0.1, 0.15) is 41.5 Å². The predicted molar refractivity (Wildman–Crippen MR) is 143 cm³/mol. The number of pyridine rings is 1. The SMILES string of the molecule is CCNC(=O)OC1[C@@H]2CN(c3nc4c([C@H](C)Nc5ccc(Cl)nc5C(=O)O)cc(C)cc4c(=O)n3C)C[C@@H]12. The van der Waals surface area contributed by atoms with Gasteiger partial charge in [0.15, 0.2) is 5.69 Å². The maximum atomic E-state index is 13.4. The highest BCUT2D eigenvalue weighted by molar-refractivity contribution is 6.29. The zero-order chi connectivity index (χ0) is 27.3. The van der Waals surface area contributed by atoms with Crippen LogP contribution in [0, 0.1) is 18.8 Å². The number of aromatic nitrogens is 3. The van der Waals surface area contributed by atoms with Crippen molar-refractivity contribution in [2.24, 2.45) is 18.9 Å². The zero-order valence-electron chi connectivity index (χ0n) is 21.5. The lowest BCUT2D eigenvalue weighted by atomic mass is 10.0. The van der Waals surface area contributed by atoms with Crippen LogP contribution in [0.3, 0.4) is 0 Å². The molecule has 0 radical (unpaired) electrons. The highest BCUT2D eigenvalue weighted by Gasteiger charge is 2.59. The third kappa shape index (κ3) is 4.62. The average molecular weight is 541 g/mol. The molecule has 2 fully saturated rings. The van der Waals surface area contributed by atoms with E-state index in [-0.39, 0.29) is 34.3 Å². The molecule has 2 aromatic heterocycles. The molecule has 1 aromatic carbocycles. The van der Waals surface area contributed by atoms with Crippen molar-refractivity contribution in [3.05, 3.63) is 56.6 Å². The van der Waals surface area contributed by atoms with E-state index in [1.807, 2.05) is 32.9 Å². The van der Waals surface area contributed by atoms with E-state index in [0.717, 1.165) is 11.1 Å². The third-order valence-corrected chi connectivity index (χ3v) is 7.41. The Morgan fingerprint density at radius 3 is 2.61 bits per heavy atom. The van der Waals surface area contributed by atoms with Gasteiger partial charge >= 0.3 is 12.1 Å². The first kappa shape index (κ1) is 25.8. The summed E-state index contributed by atoms with van der Waals surface area (Å²) in [5.74, 6) is -0.249. The minimum absolute atomic E-state index is 0.0821. The van der Waals surface area contributed by atoms with Gasteiger partial charge in [0, 0.05) is 44.1 Å². The number of alkyl carbamates (subject to hydrolysis) is 1. The third-order valence-electron chi connectivity index (χ3n) is 7.20. The van der Waals surface area contributed by atoms with Crippen LogP contribution in [-0.2, 0) is 11.8 Å². The number of amides is 1. The Balaban J connectivity index is 1.46. The second-order valence-electron chi connectivity index (χ2n) is 9.86. The summed E-state index contributed by atoms with van der Waals surface area (Å²) in [6.07, 6.45) is -0.521. The lowest BCUT2D eigenvalue weighted by Crippen LogP contribution is -2.34. The van der Waals surface area contributed by atoms with Crippen molar-refractivity contribution in [3.8, 4) is 0 Å². The number of anilines is 2. The van der Waals surface area contributed by atoms with Gasteiger partial charge in [0.1, 0.15) is 11.3 Å². The molecule has 1 aliphatic heterocycles. The fourth-order valence-electron chi connectivity index (χ4n) is 5.30. The molecule has 1 aliphatic carbocycles. The number of piperidine rings is 1. The Kier molecular flexibility index (Phi) is 6.64. The van der Waals surface area contributed by atoms with E-state index >= 15 is 0 Å². The number of hydrogen-bond donors (Lipinski definition) is 3. The van der Waals surface area contributed by atoms with Gasteiger partial charge in [-0.2, -0.15) is 0 Å². The number of carboxylic acids is 1. The van der Waals surface area contributed by atoms with E-state index in [4.69, 9.17) is 21.3 Å². The fourth-order valence-corrected chi connectivity index (χ4v) is 5.45. The fraction of sp³-hybridized carbons (Fsp3) is 0.423. The number of carbonyl (C=O) groups is 2. The molecule has 3 aromatic rings. The molecule has 1 amide bonds. The normalized spacial score (nSPS) is 20.7. The summed E-state index contributed by atoms with van der Waals surface area (Å²) in [4.78, 5) is 47.9. The molecule has 38 heavy (non-hydrogen) atoms. The zero-order valence-corrected chi connectivity index (χ0v) is 22.2. The Labute approximate surface area is 223 Å². The number of carboxylic acid groups (broad SMARTS) is 1. The van der Waals surface area contributed by atoms with Crippen molar-refractivity contribution >= 4 is 46.2 Å². The second kappa shape index (κ2) is 9.79. The van der Waals surface area contributed by atoms with Gasteiger partial charge in [-0.1, -0.05) is 17.7 Å². The topological polar surface area (TPSA) is 139 Å². The van der Waals surface area contributed by atoms with Crippen LogP contribution in [0.5, 0.6) is 0 Å². The number of aromatic carboxylic acids is 1. The summed E-state index contributed by atoms with van der Waals surface area (Å²) in [5, 5.41) is 16.0. The molecule has 5 rings (SSSR count). The molecule has 1 saturated heterocycles. The molecule has 0 bridgehead atoms. The first-order chi connectivity index (χ1) is 18.1. The Hall–Kier alpha value is -3.86. The van der Waals surface area contributed by atoms with Crippen molar-refractivity contribution in [2.75, 3.05) is 29.9 Å². The molecule has 3 heterocycles. The van der Waals surface area contributed by atoms with Crippen molar-refractivity contribution in [3.63, 3.8) is 0 Å². The highest BCUT2D eigenvalue weighted by atomic mass is 35.5. The molecule has 12 heteroatoms. The van der Waals surface area contributed by atoms with E-state index in [9.17, 15) is 19.5 Å². The Bertz CT molecular complexity index is 1500. The van der Waals surface area contributed by atoms with Crippen LogP contribution in [0.15, 0.2) is 29.1 Å². The summed E-state index contributed by atoms with van der Waals surface area (Å²) in [7, 11) is 1.71. The summed E-state index contributed by atoms with van der Waals surface area (Å²) in [5.41, 5.74) is 2.14. The molecular weight excluding hydrogens is 512 g/mol. The van der Waals surface area contributed by atoms with Gasteiger partial charge in [0.25, 0.3) is 5.56 Å². The van der Waals surface area contributed by atoms with Crippen molar-refractivity contribution in [1.82, 2.24) is 19.9 Å². The molecule has 2 aliphatic rings. The van der Waals surface area contributed by atoms with Gasteiger partial charge < -0.3 is 25.4 Å². The number of fused-ring (bicyclic) bond motifs is 2. The Morgan fingerprint density at radius 2 is 1.95 bits per heavy atom. The lowest BCUT2D eigenvalue weighted by Gasteiger charge is -2.25. The number of aryl methyl sites for hydroxylation is 1. The standard InChI is InChI=1S/C26H29ClN6O5/c1-5-28-26(37)38-22-16-10-33(11-17(16)22)25-31-20-14(8-12(2)9-15(20)23(34)32(25)4)13(3)29-18-6-7-19(27)30-21(18)24(35)36/h6-9,13,16-17,22,29H,5,10-11H2,1-4H3,(H,28,37)(H,35,36)/t13-,16+,17+/m0/s1. The number of rotatable bonds is 7. The molecular formula is C26H29ClN6O5. The summed E-state index contributed by atoms with van der Waals surface area (Å²) in [6.45, 7) is 7.39.